The Labute approximate surface area is 123 Å². The second-order valence-electron chi connectivity index (χ2n) is 5.78. The lowest BCUT2D eigenvalue weighted by molar-refractivity contribution is 0.0890. The van der Waals surface area contributed by atoms with E-state index >= 15 is 0 Å². The van der Waals surface area contributed by atoms with Crippen LogP contribution in [0.1, 0.15) is 37.9 Å². The van der Waals surface area contributed by atoms with Gasteiger partial charge in [-0.3, -0.25) is 4.57 Å². The van der Waals surface area contributed by atoms with Gasteiger partial charge in [-0.05, 0) is 56.0 Å². The summed E-state index contributed by atoms with van der Waals surface area (Å²) in [5, 5.41) is 13.8. The van der Waals surface area contributed by atoms with Gasteiger partial charge in [0, 0.05) is 6.54 Å². The van der Waals surface area contributed by atoms with Crippen LogP contribution in [0.3, 0.4) is 0 Å². The highest BCUT2D eigenvalue weighted by molar-refractivity contribution is 5.73. The number of oxazole rings is 1. The first-order chi connectivity index (χ1) is 10.2. The molecule has 1 aliphatic rings. The largest absolute Gasteiger partial charge is 0.419 e. The van der Waals surface area contributed by atoms with Crippen LogP contribution in [0.5, 0.6) is 0 Å². The van der Waals surface area contributed by atoms with E-state index < -0.39 is 6.10 Å². The summed E-state index contributed by atoms with van der Waals surface area (Å²) in [6.45, 7) is 4.58. The molecule has 2 heterocycles. The van der Waals surface area contributed by atoms with Gasteiger partial charge in [0.1, 0.15) is 0 Å². The van der Waals surface area contributed by atoms with Crippen molar-refractivity contribution in [3.63, 3.8) is 0 Å². The Morgan fingerprint density at radius 1 is 1.43 bits per heavy atom. The number of hydrogen-bond donors (Lipinski definition) is 2. The summed E-state index contributed by atoms with van der Waals surface area (Å²) < 4.78 is 6.96. The molecule has 2 aromatic rings. The summed E-state index contributed by atoms with van der Waals surface area (Å²) in [5.41, 5.74) is 2.22. The first kappa shape index (κ1) is 14.4. The molecule has 0 amide bonds. The molecule has 0 saturated carbocycles. The van der Waals surface area contributed by atoms with Crippen LogP contribution in [-0.4, -0.2) is 22.8 Å². The van der Waals surface area contributed by atoms with Gasteiger partial charge in [0.25, 0.3) is 0 Å². The molecule has 0 bridgehead atoms. The molecule has 0 aliphatic carbocycles. The van der Waals surface area contributed by atoms with Gasteiger partial charge in [0.2, 0.25) is 0 Å². The van der Waals surface area contributed by atoms with Gasteiger partial charge in [-0.1, -0.05) is 13.0 Å². The normalized spacial score (nSPS) is 18.2. The smallest absolute Gasteiger partial charge is 0.408 e. The van der Waals surface area contributed by atoms with Crippen molar-refractivity contribution in [3.05, 3.63) is 34.3 Å². The van der Waals surface area contributed by atoms with Crippen LogP contribution in [0.2, 0.25) is 0 Å². The molecule has 5 heteroatoms. The van der Waals surface area contributed by atoms with Gasteiger partial charge in [0.05, 0.1) is 11.6 Å². The molecule has 1 fully saturated rings. The average molecular weight is 290 g/mol. The van der Waals surface area contributed by atoms with Crippen molar-refractivity contribution in [3.8, 4) is 0 Å². The second-order valence-corrected chi connectivity index (χ2v) is 5.78. The van der Waals surface area contributed by atoms with Crippen molar-refractivity contribution < 1.29 is 9.52 Å². The van der Waals surface area contributed by atoms with Gasteiger partial charge >= 0.3 is 5.76 Å². The molecule has 5 nitrogen and oxygen atoms in total. The van der Waals surface area contributed by atoms with Gasteiger partial charge in [-0.15, -0.1) is 0 Å². The molecule has 114 valence electrons. The number of hydrogen-bond acceptors (Lipinski definition) is 4. The first-order valence-corrected chi connectivity index (χ1v) is 7.72. The van der Waals surface area contributed by atoms with Crippen molar-refractivity contribution >= 4 is 11.1 Å². The van der Waals surface area contributed by atoms with Crippen LogP contribution in [0.15, 0.2) is 27.4 Å². The lowest BCUT2D eigenvalue weighted by Gasteiger charge is -2.27. The standard InChI is InChI=1S/C16H22N2O3/c1-2-9-18-13-4-3-12(10-14(13)21-16(18)20)15(19)11-5-7-17-8-6-11/h3-4,10-11,15,17,19H,2,5-9H2,1H3. The number of aromatic nitrogens is 1. The molecule has 21 heavy (non-hydrogen) atoms. The number of aliphatic hydroxyl groups excluding tert-OH is 1. The first-order valence-electron chi connectivity index (χ1n) is 7.72. The van der Waals surface area contributed by atoms with E-state index in [1.165, 1.54) is 0 Å². The zero-order valence-electron chi connectivity index (χ0n) is 12.3. The van der Waals surface area contributed by atoms with Crippen molar-refractivity contribution in [2.75, 3.05) is 13.1 Å². The quantitative estimate of drug-likeness (QED) is 0.904. The maximum atomic E-state index is 11.8. The van der Waals surface area contributed by atoms with Crippen LogP contribution in [0.4, 0.5) is 0 Å². The molecule has 1 saturated heterocycles. The van der Waals surface area contributed by atoms with Crippen molar-refractivity contribution in [2.24, 2.45) is 5.92 Å². The van der Waals surface area contributed by atoms with Crippen molar-refractivity contribution in [2.45, 2.75) is 38.8 Å². The van der Waals surface area contributed by atoms with E-state index in [9.17, 15) is 9.90 Å². The molecule has 2 N–H and O–H groups in total. The summed E-state index contributed by atoms with van der Waals surface area (Å²) in [4.78, 5) is 11.8. The highest BCUT2D eigenvalue weighted by Crippen LogP contribution is 2.30. The minimum absolute atomic E-state index is 0.271. The summed E-state index contributed by atoms with van der Waals surface area (Å²) in [6.07, 6.45) is 2.34. The van der Waals surface area contributed by atoms with Crippen LogP contribution >= 0.6 is 0 Å². The lowest BCUT2D eigenvalue weighted by Crippen LogP contribution is -2.30. The van der Waals surface area contributed by atoms with E-state index in [0.717, 1.165) is 43.4 Å². The number of piperidine rings is 1. The Morgan fingerprint density at radius 3 is 2.90 bits per heavy atom. The van der Waals surface area contributed by atoms with Gasteiger partial charge < -0.3 is 14.8 Å². The summed E-state index contributed by atoms with van der Waals surface area (Å²) in [7, 11) is 0. The van der Waals surface area contributed by atoms with E-state index in [-0.39, 0.29) is 11.7 Å². The van der Waals surface area contributed by atoms with Gasteiger partial charge in [-0.25, -0.2) is 4.79 Å². The van der Waals surface area contributed by atoms with Crippen LogP contribution in [-0.2, 0) is 6.54 Å². The molecule has 1 aliphatic heterocycles. The van der Waals surface area contributed by atoms with E-state index in [4.69, 9.17) is 4.42 Å². The SMILES string of the molecule is CCCn1c(=O)oc2cc(C(O)C3CCNCC3)ccc21. The predicted molar refractivity (Wildman–Crippen MR) is 81.3 cm³/mol. The number of fused-ring (bicyclic) bond motifs is 1. The fourth-order valence-corrected chi connectivity index (χ4v) is 3.13. The molecule has 1 aromatic carbocycles. The zero-order chi connectivity index (χ0) is 14.8. The van der Waals surface area contributed by atoms with Crippen molar-refractivity contribution in [1.82, 2.24) is 9.88 Å². The molecule has 3 rings (SSSR count). The minimum atomic E-state index is -0.490. The second kappa shape index (κ2) is 6.03. The number of benzene rings is 1. The van der Waals surface area contributed by atoms with Crippen molar-refractivity contribution in [1.29, 1.82) is 0 Å². The van der Waals surface area contributed by atoms with Crippen LogP contribution < -0.4 is 11.1 Å². The van der Waals surface area contributed by atoms with E-state index in [0.29, 0.717) is 12.1 Å². The highest BCUT2D eigenvalue weighted by atomic mass is 16.4. The Kier molecular flexibility index (Phi) is 4.12. The topological polar surface area (TPSA) is 67.4 Å². The summed E-state index contributed by atoms with van der Waals surface area (Å²) in [5.74, 6) is -0.0477. The third kappa shape index (κ3) is 2.76. The Morgan fingerprint density at radius 2 is 2.19 bits per heavy atom. The molecule has 1 atom stereocenters. The number of aliphatic hydroxyl groups is 1. The third-order valence-electron chi connectivity index (χ3n) is 4.31. The summed E-state index contributed by atoms with van der Waals surface area (Å²) in [6, 6.07) is 5.61. The molecule has 0 radical (unpaired) electrons. The van der Waals surface area contributed by atoms with Crippen LogP contribution in [0, 0.1) is 5.92 Å². The highest BCUT2D eigenvalue weighted by Gasteiger charge is 2.23. The monoisotopic (exact) mass is 290 g/mol. The number of rotatable bonds is 4. The Bertz CT molecular complexity index is 668. The molecule has 1 aromatic heterocycles. The molecule has 1 unspecified atom stereocenters. The molecular formula is C16H22N2O3. The fourth-order valence-electron chi connectivity index (χ4n) is 3.13. The van der Waals surface area contributed by atoms with E-state index in [2.05, 4.69) is 5.32 Å². The van der Waals surface area contributed by atoms with Gasteiger partial charge in [0.15, 0.2) is 5.58 Å². The lowest BCUT2D eigenvalue weighted by atomic mass is 9.88. The summed E-state index contributed by atoms with van der Waals surface area (Å²) >= 11 is 0. The number of aryl methyl sites for hydroxylation is 1. The average Bonchev–Trinajstić information content (AvgIpc) is 2.83. The predicted octanol–water partition coefficient (Wildman–Crippen LogP) is 2.04. The molecular weight excluding hydrogens is 268 g/mol. The van der Waals surface area contributed by atoms with E-state index in [1.807, 2.05) is 25.1 Å². The Hall–Kier alpha value is -1.59. The number of nitrogens with zero attached hydrogens (tertiary/aromatic N) is 1. The third-order valence-corrected chi connectivity index (χ3v) is 4.31. The van der Waals surface area contributed by atoms with Crippen LogP contribution in [0.25, 0.3) is 11.1 Å². The number of nitrogens with one attached hydrogen (secondary N) is 1. The maximum Gasteiger partial charge on any atom is 0.419 e. The zero-order valence-corrected chi connectivity index (χ0v) is 12.3. The molecule has 0 spiro atoms. The van der Waals surface area contributed by atoms with Gasteiger partial charge in [-0.2, -0.15) is 0 Å². The maximum absolute atomic E-state index is 11.8. The van der Waals surface area contributed by atoms with E-state index in [1.54, 1.807) is 4.57 Å². The Balaban J connectivity index is 1.92. The minimum Gasteiger partial charge on any atom is -0.408 e. The fraction of sp³-hybridized carbons (Fsp3) is 0.562.